The Morgan fingerprint density at radius 3 is 2.23 bits per heavy atom. The lowest BCUT2D eigenvalue weighted by molar-refractivity contribution is 0.394. The summed E-state index contributed by atoms with van der Waals surface area (Å²) in [6, 6.07) is 29.1. The lowest BCUT2D eigenvalue weighted by atomic mass is 9.98. The second-order valence-electron chi connectivity index (χ2n) is 9.13. The van der Waals surface area contributed by atoms with Crippen LogP contribution in [0.2, 0.25) is 10.0 Å². The van der Waals surface area contributed by atoms with Crippen molar-refractivity contribution in [2.75, 3.05) is 19.2 Å². The summed E-state index contributed by atoms with van der Waals surface area (Å²) >= 11 is 12.4. The molecule has 0 bridgehead atoms. The van der Waals surface area contributed by atoms with Crippen LogP contribution in [-0.2, 0) is 0 Å². The molecule has 0 spiro atoms. The molecule has 0 aliphatic carbocycles. The number of hydrogen-bond acceptors (Lipinski definition) is 6. The molecule has 6 rings (SSSR count). The fourth-order valence-corrected chi connectivity index (χ4v) is 5.09. The maximum atomic E-state index is 6.22. The van der Waals surface area contributed by atoms with Gasteiger partial charge in [-0.1, -0.05) is 65.7 Å². The van der Waals surface area contributed by atoms with Gasteiger partial charge in [0.05, 0.1) is 37.2 Å². The number of hydrogen-bond donors (Lipinski definition) is 0. The quantitative estimate of drug-likeness (QED) is 0.213. The van der Waals surface area contributed by atoms with Gasteiger partial charge >= 0.3 is 0 Å². The fraction of sp³-hybridized carbons (Fsp3) is 0.129. The van der Waals surface area contributed by atoms with Crippen LogP contribution in [0.3, 0.4) is 0 Å². The molecule has 0 N–H and O–H groups in total. The number of nitrogens with zero attached hydrogens (tertiary/aromatic N) is 4. The molecule has 0 saturated carbocycles. The molecule has 6 nitrogen and oxygen atoms in total. The van der Waals surface area contributed by atoms with Gasteiger partial charge in [0.25, 0.3) is 0 Å². The zero-order chi connectivity index (χ0) is 26.9. The van der Waals surface area contributed by atoms with E-state index in [0.717, 1.165) is 39.0 Å². The molecule has 0 amide bonds. The SMILES string of the molecule is COc1ccc(C2=NN(c3nc(-c4ccc(Cl)cc4)c4ccccc4n3)C(c3ccc(Cl)cc3)C2)c(OC)c1. The van der Waals surface area contributed by atoms with Gasteiger partial charge in [-0.3, -0.25) is 0 Å². The molecule has 1 aliphatic rings. The fourth-order valence-electron chi connectivity index (χ4n) is 4.83. The van der Waals surface area contributed by atoms with E-state index in [-0.39, 0.29) is 6.04 Å². The number of aromatic nitrogens is 2. The molecule has 194 valence electrons. The van der Waals surface area contributed by atoms with Crippen LogP contribution in [0.5, 0.6) is 11.5 Å². The van der Waals surface area contributed by atoms with Crippen molar-refractivity contribution >= 4 is 45.8 Å². The highest BCUT2D eigenvalue weighted by Crippen LogP contribution is 2.39. The van der Waals surface area contributed by atoms with E-state index in [1.54, 1.807) is 14.2 Å². The molecule has 0 fully saturated rings. The number of halogens is 2. The highest BCUT2D eigenvalue weighted by molar-refractivity contribution is 6.30. The number of methoxy groups -OCH3 is 2. The maximum absolute atomic E-state index is 6.22. The molecular weight excluding hydrogens is 531 g/mol. The van der Waals surface area contributed by atoms with Gasteiger partial charge in [-0.2, -0.15) is 5.10 Å². The molecule has 1 atom stereocenters. The number of ether oxygens (including phenoxy) is 2. The minimum absolute atomic E-state index is 0.150. The Morgan fingerprint density at radius 2 is 1.51 bits per heavy atom. The van der Waals surface area contributed by atoms with Crippen LogP contribution in [0.15, 0.2) is 96.1 Å². The molecule has 0 saturated heterocycles. The van der Waals surface area contributed by atoms with Gasteiger partial charge in [0.1, 0.15) is 11.5 Å². The Balaban J connectivity index is 1.52. The summed E-state index contributed by atoms with van der Waals surface area (Å²) in [7, 11) is 3.28. The number of anilines is 1. The first-order valence-corrected chi connectivity index (χ1v) is 13.2. The molecule has 4 aromatic carbocycles. The van der Waals surface area contributed by atoms with Crippen molar-refractivity contribution in [2.24, 2.45) is 5.10 Å². The van der Waals surface area contributed by atoms with Gasteiger partial charge in [-0.25, -0.2) is 15.0 Å². The van der Waals surface area contributed by atoms with Gasteiger partial charge in [0.15, 0.2) is 0 Å². The largest absolute Gasteiger partial charge is 0.497 e. The standard InChI is InChI=1S/C31H24Cl2N4O2/c1-38-23-15-16-24(29(17-23)39-2)27-18-28(19-7-11-21(32)12-8-19)37(36-27)31-34-26-6-4-3-5-25(26)30(35-31)20-9-13-22(33)14-10-20/h3-17,28H,18H2,1-2H3. The van der Waals surface area contributed by atoms with Crippen LogP contribution in [-0.4, -0.2) is 29.9 Å². The Kier molecular flexibility index (Phi) is 6.81. The zero-order valence-corrected chi connectivity index (χ0v) is 22.8. The van der Waals surface area contributed by atoms with Crippen LogP contribution in [0.4, 0.5) is 5.95 Å². The summed E-state index contributed by atoms with van der Waals surface area (Å²) in [4.78, 5) is 10.0. The monoisotopic (exact) mass is 554 g/mol. The molecule has 5 aromatic rings. The van der Waals surface area contributed by atoms with Crippen LogP contribution >= 0.6 is 23.2 Å². The van der Waals surface area contributed by atoms with Crippen LogP contribution in [0.1, 0.15) is 23.6 Å². The van der Waals surface area contributed by atoms with E-state index in [0.29, 0.717) is 33.9 Å². The van der Waals surface area contributed by atoms with Crippen molar-refractivity contribution in [1.82, 2.24) is 9.97 Å². The lowest BCUT2D eigenvalue weighted by Gasteiger charge is -2.23. The van der Waals surface area contributed by atoms with E-state index >= 15 is 0 Å². The van der Waals surface area contributed by atoms with E-state index < -0.39 is 0 Å². The highest BCUT2D eigenvalue weighted by Gasteiger charge is 2.33. The molecular formula is C31H24Cl2N4O2. The van der Waals surface area contributed by atoms with Crippen molar-refractivity contribution in [1.29, 1.82) is 0 Å². The second kappa shape index (κ2) is 10.6. The minimum atomic E-state index is -0.150. The van der Waals surface area contributed by atoms with Crippen molar-refractivity contribution < 1.29 is 9.47 Å². The highest BCUT2D eigenvalue weighted by atomic mass is 35.5. The first-order chi connectivity index (χ1) is 19.0. The van der Waals surface area contributed by atoms with Crippen LogP contribution < -0.4 is 14.5 Å². The molecule has 1 aliphatic heterocycles. The van der Waals surface area contributed by atoms with E-state index in [1.807, 2.05) is 96.0 Å². The third kappa shape index (κ3) is 4.89. The normalized spacial score (nSPS) is 14.9. The summed E-state index contributed by atoms with van der Waals surface area (Å²) in [5.41, 5.74) is 5.39. The van der Waals surface area contributed by atoms with Crippen LogP contribution in [0.25, 0.3) is 22.2 Å². The molecule has 1 unspecified atom stereocenters. The predicted octanol–water partition coefficient (Wildman–Crippen LogP) is 7.98. The average Bonchev–Trinajstić information content (AvgIpc) is 3.42. The summed E-state index contributed by atoms with van der Waals surface area (Å²) in [6.07, 6.45) is 0.622. The average molecular weight is 555 g/mol. The topological polar surface area (TPSA) is 59.8 Å². The van der Waals surface area contributed by atoms with Gasteiger partial charge in [0.2, 0.25) is 5.95 Å². The summed E-state index contributed by atoms with van der Waals surface area (Å²) in [5.74, 6) is 1.90. The first-order valence-electron chi connectivity index (χ1n) is 12.4. The molecule has 0 radical (unpaired) electrons. The lowest BCUT2D eigenvalue weighted by Crippen LogP contribution is -2.21. The number of hydrazone groups is 1. The van der Waals surface area contributed by atoms with Crippen molar-refractivity contribution in [3.63, 3.8) is 0 Å². The van der Waals surface area contributed by atoms with Gasteiger partial charge in [-0.05, 0) is 48.0 Å². The summed E-state index contributed by atoms with van der Waals surface area (Å²) < 4.78 is 11.1. The number of fused-ring (bicyclic) bond motifs is 1. The van der Waals surface area contributed by atoms with Crippen molar-refractivity contribution in [2.45, 2.75) is 12.5 Å². The van der Waals surface area contributed by atoms with E-state index in [4.69, 9.17) is 47.7 Å². The van der Waals surface area contributed by atoms with Gasteiger partial charge in [0, 0.05) is 39.0 Å². The third-order valence-electron chi connectivity index (χ3n) is 6.80. The van der Waals surface area contributed by atoms with Crippen molar-refractivity contribution in [3.8, 4) is 22.8 Å². The summed E-state index contributed by atoms with van der Waals surface area (Å²) in [6.45, 7) is 0. The van der Waals surface area contributed by atoms with E-state index in [2.05, 4.69) is 0 Å². The van der Waals surface area contributed by atoms with Crippen molar-refractivity contribution in [3.05, 3.63) is 112 Å². The number of rotatable bonds is 6. The second-order valence-corrected chi connectivity index (χ2v) is 10.00. The van der Waals surface area contributed by atoms with Crippen LogP contribution in [0, 0.1) is 0 Å². The maximum Gasteiger partial charge on any atom is 0.247 e. The van der Waals surface area contributed by atoms with Gasteiger partial charge < -0.3 is 9.47 Å². The Hall–Kier alpha value is -4.13. The Bertz CT molecular complexity index is 1690. The minimum Gasteiger partial charge on any atom is -0.497 e. The predicted molar refractivity (Wildman–Crippen MR) is 157 cm³/mol. The third-order valence-corrected chi connectivity index (χ3v) is 7.30. The van der Waals surface area contributed by atoms with E-state index in [9.17, 15) is 0 Å². The zero-order valence-electron chi connectivity index (χ0n) is 21.3. The number of benzene rings is 4. The summed E-state index contributed by atoms with van der Waals surface area (Å²) in [5, 5.41) is 9.27. The first kappa shape index (κ1) is 25.2. The van der Waals surface area contributed by atoms with Gasteiger partial charge in [-0.15, -0.1) is 0 Å². The smallest absolute Gasteiger partial charge is 0.247 e. The molecule has 39 heavy (non-hydrogen) atoms. The van der Waals surface area contributed by atoms with E-state index in [1.165, 1.54) is 0 Å². The Labute approximate surface area is 236 Å². The molecule has 2 heterocycles. The Morgan fingerprint density at radius 1 is 0.795 bits per heavy atom. The molecule has 8 heteroatoms. The number of para-hydroxylation sites is 1. The molecule has 1 aromatic heterocycles.